The molecule has 128 valence electrons. The zero-order valence-corrected chi connectivity index (χ0v) is 14.3. The summed E-state index contributed by atoms with van der Waals surface area (Å²) in [6.07, 6.45) is 3.37. The molecule has 1 aromatic rings. The molecule has 5 nitrogen and oxygen atoms in total. The zero-order valence-electron chi connectivity index (χ0n) is 14.3. The third kappa shape index (κ3) is 6.10. The van der Waals surface area contributed by atoms with E-state index in [-0.39, 0.29) is 5.91 Å². The van der Waals surface area contributed by atoms with E-state index in [9.17, 15) is 4.79 Å². The average Bonchev–Trinajstić information content (AvgIpc) is 2.58. The van der Waals surface area contributed by atoms with Crippen molar-refractivity contribution in [2.75, 3.05) is 50.1 Å². The maximum absolute atomic E-state index is 11.7. The smallest absolute Gasteiger partial charge is 0.239 e. The fourth-order valence-electron chi connectivity index (χ4n) is 2.75. The predicted molar refractivity (Wildman–Crippen MR) is 95.0 cm³/mol. The standard InChI is InChI=1S/C18H29N3O2/c1-15-8-11-21(12-9-15)17-6-4-16(5-7-17)20-14-18(22)19-10-3-13-23-2/h4-7,15,20H,3,8-14H2,1-2H3,(H,19,22). The number of piperidine rings is 1. The second-order valence-electron chi connectivity index (χ2n) is 6.27. The summed E-state index contributed by atoms with van der Waals surface area (Å²) in [5, 5.41) is 6.03. The number of carbonyl (C=O) groups is 1. The van der Waals surface area contributed by atoms with Crippen molar-refractivity contribution in [3.05, 3.63) is 24.3 Å². The second-order valence-corrected chi connectivity index (χ2v) is 6.27. The molecule has 1 saturated heterocycles. The Kier molecular flexibility index (Phi) is 7.20. The van der Waals surface area contributed by atoms with Crippen molar-refractivity contribution in [3.63, 3.8) is 0 Å². The minimum atomic E-state index is 0.00944. The van der Waals surface area contributed by atoms with Gasteiger partial charge in [-0.1, -0.05) is 6.92 Å². The summed E-state index contributed by atoms with van der Waals surface area (Å²) in [5.74, 6) is 0.852. The van der Waals surface area contributed by atoms with Gasteiger partial charge in [0.1, 0.15) is 0 Å². The molecule has 0 aliphatic carbocycles. The van der Waals surface area contributed by atoms with Crippen LogP contribution in [0.5, 0.6) is 0 Å². The lowest BCUT2D eigenvalue weighted by molar-refractivity contribution is -0.119. The normalized spacial score (nSPS) is 15.5. The molecule has 23 heavy (non-hydrogen) atoms. The molecule has 1 aromatic carbocycles. The first-order valence-corrected chi connectivity index (χ1v) is 8.53. The van der Waals surface area contributed by atoms with Crippen LogP contribution in [0.15, 0.2) is 24.3 Å². The third-order valence-electron chi connectivity index (χ3n) is 4.32. The highest BCUT2D eigenvalue weighted by Gasteiger charge is 2.15. The Hall–Kier alpha value is -1.75. The Morgan fingerprint density at radius 2 is 1.96 bits per heavy atom. The fraction of sp³-hybridized carbons (Fsp3) is 0.611. The molecular formula is C18H29N3O2. The molecule has 1 heterocycles. The highest BCUT2D eigenvalue weighted by atomic mass is 16.5. The van der Waals surface area contributed by atoms with Gasteiger partial charge in [0.25, 0.3) is 0 Å². The minimum absolute atomic E-state index is 0.00944. The molecule has 2 N–H and O–H groups in total. The average molecular weight is 319 g/mol. The molecule has 1 fully saturated rings. The van der Waals surface area contributed by atoms with E-state index in [2.05, 4.69) is 34.6 Å². The first kappa shape index (κ1) is 17.6. The van der Waals surface area contributed by atoms with Crippen LogP contribution in [-0.4, -0.2) is 45.8 Å². The number of nitrogens with one attached hydrogen (secondary N) is 2. The molecule has 0 aromatic heterocycles. The van der Waals surface area contributed by atoms with Crippen LogP contribution in [0, 0.1) is 5.92 Å². The quantitative estimate of drug-likeness (QED) is 0.723. The molecule has 1 aliphatic rings. The number of methoxy groups -OCH3 is 1. The van der Waals surface area contributed by atoms with Gasteiger partial charge in [0, 0.05) is 44.7 Å². The van der Waals surface area contributed by atoms with Gasteiger partial charge in [-0.05, 0) is 49.4 Å². The van der Waals surface area contributed by atoms with Crippen LogP contribution in [0.1, 0.15) is 26.2 Å². The van der Waals surface area contributed by atoms with Crippen LogP contribution in [0.25, 0.3) is 0 Å². The van der Waals surface area contributed by atoms with Crippen molar-refractivity contribution in [2.45, 2.75) is 26.2 Å². The summed E-state index contributed by atoms with van der Waals surface area (Å²) in [7, 11) is 1.66. The van der Waals surface area contributed by atoms with Crippen molar-refractivity contribution in [2.24, 2.45) is 5.92 Å². The van der Waals surface area contributed by atoms with E-state index in [1.54, 1.807) is 7.11 Å². The SMILES string of the molecule is COCCCNC(=O)CNc1ccc(N2CCC(C)CC2)cc1. The van der Waals surface area contributed by atoms with Crippen molar-refractivity contribution in [1.29, 1.82) is 0 Å². The molecule has 0 unspecified atom stereocenters. The maximum atomic E-state index is 11.7. The number of rotatable bonds is 8. The zero-order chi connectivity index (χ0) is 16.5. The van der Waals surface area contributed by atoms with Gasteiger partial charge in [-0.3, -0.25) is 4.79 Å². The van der Waals surface area contributed by atoms with Gasteiger partial charge in [-0.2, -0.15) is 0 Å². The molecular weight excluding hydrogens is 290 g/mol. The van der Waals surface area contributed by atoms with Gasteiger partial charge in [0.2, 0.25) is 5.91 Å². The van der Waals surface area contributed by atoms with E-state index in [4.69, 9.17) is 4.74 Å². The topological polar surface area (TPSA) is 53.6 Å². The first-order valence-electron chi connectivity index (χ1n) is 8.53. The summed E-state index contributed by atoms with van der Waals surface area (Å²) in [5.41, 5.74) is 2.25. The number of hydrogen-bond donors (Lipinski definition) is 2. The number of amides is 1. The Labute approximate surface area is 139 Å². The molecule has 2 rings (SSSR count). The van der Waals surface area contributed by atoms with E-state index in [0.717, 1.165) is 31.1 Å². The van der Waals surface area contributed by atoms with Crippen molar-refractivity contribution in [1.82, 2.24) is 5.32 Å². The van der Waals surface area contributed by atoms with Gasteiger partial charge in [0.05, 0.1) is 6.54 Å². The van der Waals surface area contributed by atoms with Gasteiger partial charge in [-0.25, -0.2) is 0 Å². The molecule has 1 aliphatic heterocycles. The number of benzene rings is 1. The van der Waals surface area contributed by atoms with Crippen LogP contribution < -0.4 is 15.5 Å². The molecule has 0 saturated carbocycles. The summed E-state index contributed by atoms with van der Waals surface area (Å²) in [6, 6.07) is 8.36. The van der Waals surface area contributed by atoms with E-state index in [0.29, 0.717) is 19.7 Å². The summed E-state index contributed by atoms with van der Waals surface area (Å²) in [6.45, 7) is 6.22. The second kappa shape index (κ2) is 9.40. The highest BCUT2D eigenvalue weighted by Crippen LogP contribution is 2.24. The van der Waals surface area contributed by atoms with E-state index in [1.807, 2.05) is 12.1 Å². The molecule has 1 amide bonds. The molecule has 0 atom stereocenters. The van der Waals surface area contributed by atoms with Crippen molar-refractivity contribution < 1.29 is 9.53 Å². The third-order valence-corrected chi connectivity index (χ3v) is 4.32. The van der Waals surface area contributed by atoms with Crippen LogP contribution in [-0.2, 0) is 9.53 Å². The predicted octanol–water partition coefficient (Wildman–Crippen LogP) is 2.49. The largest absolute Gasteiger partial charge is 0.385 e. The van der Waals surface area contributed by atoms with Gasteiger partial charge < -0.3 is 20.3 Å². The van der Waals surface area contributed by atoms with Crippen LogP contribution >= 0.6 is 0 Å². The fourth-order valence-corrected chi connectivity index (χ4v) is 2.75. The Morgan fingerprint density at radius 1 is 1.26 bits per heavy atom. The lowest BCUT2D eigenvalue weighted by Gasteiger charge is -2.32. The van der Waals surface area contributed by atoms with Gasteiger partial charge in [-0.15, -0.1) is 0 Å². The summed E-state index contributed by atoms with van der Waals surface area (Å²) < 4.78 is 4.95. The monoisotopic (exact) mass is 319 g/mol. The summed E-state index contributed by atoms with van der Waals surface area (Å²) in [4.78, 5) is 14.1. The molecule has 0 spiro atoms. The number of nitrogens with zero attached hydrogens (tertiary/aromatic N) is 1. The number of carbonyl (C=O) groups excluding carboxylic acids is 1. The minimum Gasteiger partial charge on any atom is -0.385 e. The number of hydrogen-bond acceptors (Lipinski definition) is 4. The van der Waals surface area contributed by atoms with E-state index < -0.39 is 0 Å². The van der Waals surface area contributed by atoms with Crippen LogP contribution in [0.4, 0.5) is 11.4 Å². The first-order chi connectivity index (χ1) is 11.2. The Balaban J connectivity index is 1.71. The van der Waals surface area contributed by atoms with Gasteiger partial charge >= 0.3 is 0 Å². The Morgan fingerprint density at radius 3 is 2.61 bits per heavy atom. The highest BCUT2D eigenvalue weighted by molar-refractivity contribution is 5.80. The van der Waals surface area contributed by atoms with E-state index >= 15 is 0 Å². The Bertz CT molecular complexity index is 468. The lowest BCUT2D eigenvalue weighted by Crippen LogP contribution is -2.32. The molecule has 0 bridgehead atoms. The van der Waals surface area contributed by atoms with Crippen LogP contribution in [0.3, 0.4) is 0 Å². The molecule has 0 radical (unpaired) electrons. The van der Waals surface area contributed by atoms with Gasteiger partial charge in [0.15, 0.2) is 0 Å². The van der Waals surface area contributed by atoms with Crippen molar-refractivity contribution >= 4 is 17.3 Å². The molecule has 5 heteroatoms. The van der Waals surface area contributed by atoms with E-state index in [1.165, 1.54) is 18.5 Å². The van der Waals surface area contributed by atoms with Crippen molar-refractivity contribution in [3.8, 4) is 0 Å². The maximum Gasteiger partial charge on any atom is 0.239 e. The summed E-state index contributed by atoms with van der Waals surface area (Å²) >= 11 is 0. The number of anilines is 2. The number of ether oxygens (including phenoxy) is 1. The lowest BCUT2D eigenvalue weighted by atomic mass is 9.99. The van der Waals surface area contributed by atoms with Crippen LogP contribution in [0.2, 0.25) is 0 Å².